The van der Waals surface area contributed by atoms with Crippen molar-refractivity contribution in [2.24, 2.45) is 5.92 Å². The van der Waals surface area contributed by atoms with Crippen LogP contribution in [0.15, 0.2) is 18.3 Å². The molecule has 0 bridgehead atoms. The average Bonchev–Trinajstić information content (AvgIpc) is 2.80. The predicted octanol–water partition coefficient (Wildman–Crippen LogP) is 1.43. The summed E-state index contributed by atoms with van der Waals surface area (Å²) in [5.74, 6) is -0.948. The molecule has 1 aromatic heterocycles. The molecule has 1 aliphatic rings. The number of aromatic nitrogens is 1. The number of hydrogen-bond donors (Lipinski definition) is 1. The Morgan fingerprint density at radius 1 is 1.48 bits per heavy atom. The molecule has 1 aliphatic heterocycles. The van der Waals surface area contributed by atoms with Crippen LogP contribution in [-0.2, 0) is 24.2 Å². The minimum absolute atomic E-state index is 0.00261. The Hall–Kier alpha value is -1.67. The van der Waals surface area contributed by atoms with Gasteiger partial charge in [0.05, 0.1) is 16.5 Å². The van der Waals surface area contributed by atoms with Gasteiger partial charge in [-0.2, -0.15) is 0 Å². The van der Waals surface area contributed by atoms with Crippen molar-refractivity contribution in [1.29, 1.82) is 0 Å². The largest absolute Gasteiger partial charge is 0.453 e. The van der Waals surface area contributed by atoms with Crippen LogP contribution in [0.1, 0.15) is 19.8 Å². The maximum Gasteiger partial charge on any atom is 0.306 e. The highest BCUT2D eigenvalue weighted by Crippen LogP contribution is 2.22. The van der Waals surface area contributed by atoms with Crippen molar-refractivity contribution in [3.05, 3.63) is 23.4 Å². The van der Waals surface area contributed by atoms with Crippen molar-refractivity contribution in [1.82, 2.24) is 4.98 Å². The van der Waals surface area contributed by atoms with E-state index in [1.54, 1.807) is 6.07 Å². The topological polar surface area (TPSA) is 102 Å². The highest BCUT2D eigenvalue weighted by molar-refractivity contribution is 7.91. The molecule has 2 atom stereocenters. The molecule has 2 heterocycles. The number of rotatable bonds is 5. The Morgan fingerprint density at radius 3 is 2.78 bits per heavy atom. The number of carbonyl (C=O) groups excluding carboxylic acids is 2. The van der Waals surface area contributed by atoms with Gasteiger partial charge in [-0.1, -0.05) is 11.6 Å². The molecule has 1 aromatic rings. The minimum atomic E-state index is -3.04. The van der Waals surface area contributed by atoms with E-state index in [-0.39, 0.29) is 23.8 Å². The van der Waals surface area contributed by atoms with Crippen molar-refractivity contribution in [2.75, 3.05) is 16.8 Å². The number of pyridine rings is 1. The van der Waals surface area contributed by atoms with Gasteiger partial charge in [0.25, 0.3) is 5.91 Å². The molecule has 0 radical (unpaired) electrons. The lowest BCUT2D eigenvalue weighted by molar-refractivity contribution is -0.153. The van der Waals surface area contributed by atoms with Crippen LogP contribution in [-0.4, -0.2) is 42.9 Å². The summed E-state index contributed by atoms with van der Waals surface area (Å²) >= 11 is 5.69. The molecule has 1 N–H and O–H groups in total. The monoisotopic (exact) mass is 360 g/mol. The number of sulfone groups is 1. The highest BCUT2D eigenvalue weighted by Gasteiger charge is 2.30. The van der Waals surface area contributed by atoms with E-state index in [1.165, 1.54) is 19.2 Å². The van der Waals surface area contributed by atoms with Crippen LogP contribution in [0.25, 0.3) is 0 Å². The minimum Gasteiger partial charge on any atom is -0.453 e. The first-order valence-corrected chi connectivity index (χ1v) is 9.27. The van der Waals surface area contributed by atoms with Gasteiger partial charge in [0.15, 0.2) is 15.9 Å². The Labute approximate surface area is 139 Å². The second-order valence-electron chi connectivity index (χ2n) is 5.46. The fourth-order valence-corrected chi connectivity index (χ4v) is 4.22. The summed E-state index contributed by atoms with van der Waals surface area (Å²) in [6.07, 6.45) is 0.829. The van der Waals surface area contributed by atoms with Crippen LogP contribution in [0.5, 0.6) is 0 Å². The van der Waals surface area contributed by atoms with E-state index in [0.717, 1.165) is 0 Å². The van der Waals surface area contributed by atoms with Crippen LogP contribution in [0.2, 0.25) is 5.02 Å². The first-order chi connectivity index (χ1) is 10.7. The number of carbonyl (C=O) groups is 2. The Kier molecular flexibility index (Phi) is 5.59. The number of esters is 1. The van der Waals surface area contributed by atoms with Gasteiger partial charge in [0.1, 0.15) is 5.82 Å². The fourth-order valence-electron chi connectivity index (χ4n) is 2.25. The number of nitrogens with one attached hydrogen (secondary N) is 1. The standard InChI is InChI=1S/C14H17ClN2O5S/c1-9(14(19)17-12-3-2-11(15)7-16-12)22-13(18)6-10-4-5-23(20,21)8-10/h2-3,7,9-10H,4-6,8H2,1H3,(H,16,17,19)/t9-,10+/m1/s1. The molecule has 0 spiro atoms. The van der Waals surface area contributed by atoms with E-state index in [4.69, 9.17) is 16.3 Å². The zero-order valence-corrected chi connectivity index (χ0v) is 14.1. The van der Waals surface area contributed by atoms with Gasteiger partial charge >= 0.3 is 5.97 Å². The van der Waals surface area contributed by atoms with E-state index >= 15 is 0 Å². The predicted molar refractivity (Wildman–Crippen MR) is 84.8 cm³/mol. The smallest absolute Gasteiger partial charge is 0.306 e. The number of nitrogens with zero attached hydrogens (tertiary/aromatic N) is 1. The SMILES string of the molecule is C[C@@H](OC(=O)C[C@@H]1CCS(=O)(=O)C1)C(=O)Nc1ccc(Cl)cn1. The van der Waals surface area contributed by atoms with Crippen LogP contribution in [0.4, 0.5) is 5.82 Å². The maximum absolute atomic E-state index is 11.9. The summed E-state index contributed by atoms with van der Waals surface area (Å²) in [5, 5.41) is 2.94. The van der Waals surface area contributed by atoms with Crippen LogP contribution in [0, 0.1) is 5.92 Å². The number of hydrogen-bond acceptors (Lipinski definition) is 6. The normalized spacial score (nSPS) is 20.7. The molecule has 0 aromatic carbocycles. The summed E-state index contributed by atoms with van der Waals surface area (Å²) in [6.45, 7) is 1.44. The fraction of sp³-hybridized carbons (Fsp3) is 0.500. The van der Waals surface area contributed by atoms with Gasteiger partial charge in [0, 0.05) is 12.6 Å². The van der Waals surface area contributed by atoms with Gasteiger partial charge < -0.3 is 10.1 Å². The Bertz CT molecular complexity index is 690. The second-order valence-corrected chi connectivity index (χ2v) is 8.12. The van der Waals surface area contributed by atoms with E-state index < -0.39 is 27.8 Å². The van der Waals surface area contributed by atoms with Gasteiger partial charge in [-0.15, -0.1) is 0 Å². The lowest BCUT2D eigenvalue weighted by Gasteiger charge is -2.14. The lowest BCUT2D eigenvalue weighted by Crippen LogP contribution is -2.30. The van der Waals surface area contributed by atoms with Crippen molar-refractivity contribution in [3.63, 3.8) is 0 Å². The van der Waals surface area contributed by atoms with Gasteiger partial charge in [-0.25, -0.2) is 13.4 Å². The molecule has 1 saturated heterocycles. The van der Waals surface area contributed by atoms with E-state index in [2.05, 4.69) is 10.3 Å². The summed E-state index contributed by atoms with van der Waals surface area (Å²) in [6, 6.07) is 3.10. The first-order valence-electron chi connectivity index (χ1n) is 7.07. The van der Waals surface area contributed by atoms with Crippen molar-refractivity contribution in [2.45, 2.75) is 25.9 Å². The molecule has 126 valence electrons. The van der Waals surface area contributed by atoms with Crippen LogP contribution < -0.4 is 5.32 Å². The molecule has 7 nitrogen and oxygen atoms in total. The molecule has 1 amide bonds. The summed E-state index contributed by atoms with van der Waals surface area (Å²) < 4.78 is 27.7. The van der Waals surface area contributed by atoms with Crippen molar-refractivity contribution in [3.8, 4) is 0 Å². The molecule has 0 aliphatic carbocycles. The highest BCUT2D eigenvalue weighted by atomic mass is 35.5. The average molecular weight is 361 g/mol. The molecule has 9 heteroatoms. The lowest BCUT2D eigenvalue weighted by atomic mass is 10.1. The Morgan fingerprint density at radius 2 is 2.22 bits per heavy atom. The Balaban J connectivity index is 1.81. The summed E-state index contributed by atoms with van der Waals surface area (Å²) in [7, 11) is -3.04. The molecular formula is C14H17ClN2O5S. The second kappa shape index (κ2) is 7.27. The summed E-state index contributed by atoms with van der Waals surface area (Å²) in [5.41, 5.74) is 0. The number of halogens is 1. The third-order valence-electron chi connectivity index (χ3n) is 3.44. The quantitative estimate of drug-likeness (QED) is 0.797. The van der Waals surface area contributed by atoms with Gasteiger partial charge in [-0.05, 0) is 31.4 Å². The molecule has 1 fully saturated rings. The number of ether oxygens (including phenoxy) is 1. The molecule has 0 saturated carbocycles. The van der Waals surface area contributed by atoms with Gasteiger partial charge in [0.2, 0.25) is 0 Å². The number of amides is 1. The maximum atomic E-state index is 11.9. The zero-order valence-electron chi connectivity index (χ0n) is 12.5. The van der Waals surface area contributed by atoms with E-state index in [1.807, 2.05) is 0 Å². The third kappa shape index (κ3) is 5.47. The van der Waals surface area contributed by atoms with Gasteiger partial charge in [-0.3, -0.25) is 9.59 Å². The van der Waals surface area contributed by atoms with E-state index in [9.17, 15) is 18.0 Å². The van der Waals surface area contributed by atoms with Crippen LogP contribution in [0.3, 0.4) is 0 Å². The van der Waals surface area contributed by atoms with Crippen molar-refractivity contribution < 1.29 is 22.7 Å². The zero-order chi connectivity index (χ0) is 17.0. The van der Waals surface area contributed by atoms with Crippen LogP contribution >= 0.6 is 11.6 Å². The third-order valence-corrected chi connectivity index (χ3v) is 5.50. The summed E-state index contributed by atoms with van der Waals surface area (Å²) in [4.78, 5) is 27.6. The molecule has 23 heavy (non-hydrogen) atoms. The molecule has 2 rings (SSSR count). The van der Waals surface area contributed by atoms with E-state index in [0.29, 0.717) is 17.3 Å². The number of anilines is 1. The molecule has 0 unspecified atom stereocenters. The van der Waals surface area contributed by atoms with Crippen molar-refractivity contribution >= 4 is 39.1 Å². The molecular weight excluding hydrogens is 344 g/mol. The first kappa shape index (κ1) is 17.7.